The Morgan fingerprint density at radius 1 is 1.24 bits per heavy atom. The van der Waals surface area contributed by atoms with Gasteiger partial charge in [-0.3, -0.25) is 4.79 Å². The number of ether oxygens (including phenoxy) is 1. The van der Waals surface area contributed by atoms with Crippen molar-refractivity contribution in [2.24, 2.45) is 0 Å². The van der Waals surface area contributed by atoms with E-state index in [0.29, 0.717) is 12.4 Å². The number of carbonyl (C=O) groups excluding carboxylic acids is 1. The summed E-state index contributed by atoms with van der Waals surface area (Å²) in [5, 5.41) is 0. The molecule has 1 aliphatic heterocycles. The molecule has 0 saturated heterocycles. The fourth-order valence-corrected chi connectivity index (χ4v) is 2.12. The van der Waals surface area contributed by atoms with Crippen molar-refractivity contribution in [1.82, 2.24) is 0 Å². The van der Waals surface area contributed by atoms with Crippen molar-refractivity contribution in [3.8, 4) is 5.75 Å². The Labute approximate surface area is 99.0 Å². The van der Waals surface area contributed by atoms with Crippen LogP contribution in [0.4, 0.5) is 0 Å². The van der Waals surface area contributed by atoms with Crippen LogP contribution in [-0.2, 0) is 0 Å². The molecule has 0 saturated carbocycles. The number of hydrogen-bond acceptors (Lipinski definition) is 3. The summed E-state index contributed by atoms with van der Waals surface area (Å²) in [6.45, 7) is 2.23. The predicted octanol–water partition coefficient (Wildman–Crippen LogP) is 2.95. The molecule has 1 aromatic heterocycles. The lowest BCUT2D eigenvalue weighted by atomic mass is 9.95. The first-order valence-corrected chi connectivity index (χ1v) is 5.58. The van der Waals surface area contributed by atoms with Crippen LogP contribution in [0.3, 0.4) is 0 Å². The van der Waals surface area contributed by atoms with Crippen LogP contribution in [0.2, 0.25) is 0 Å². The summed E-state index contributed by atoms with van der Waals surface area (Å²) in [6, 6.07) is 11.2. The fraction of sp³-hybridized carbons (Fsp3) is 0.214. The number of carbonyl (C=O) groups is 1. The van der Waals surface area contributed by atoms with Crippen molar-refractivity contribution in [2.45, 2.75) is 12.8 Å². The van der Waals surface area contributed by atoms with Gasteiger partial charge in [-0.2, -0.15) is 0 Å². The molecule has 86 valence electrons. The van der Waals surface area contributed by atoms with E-state index in [2.05, 4.69) is 0 Å². The highest BCUT2D eigenvalue weighted by molar-refractivity contribution is 5.99. The van der Waals surface area contributed by atoms with E-state index in [0.717, 1.165) is 17.1 Å². The van der Waals surface area contributed by atoms with Crippen molar-refractivity contribution < 1.29 is 13.9 Å². The largest absolute Gasteiger partial charge is 0.492 e. The number of furan rings is 1. The number of para-hydroxylation sites is 1. The third kappa shape index (κ3) is 1.64. The van der Waals surface area contributed by atoms with Crippen LogP contribution in [0, 0.1) is 6.92 Å². The average molecular weight is 228 g/mol. The number of fused-ring (bicyclic) bond motifs is 1. The van der Waals surface area contributed by atoms with Gasteiger partial charge in [0.15, 0.2) is 5.76 Å². The van der Waals surface area contributed by atoms with E-state index >= 15 is 0 Å². The maximum absolute atomic E-state index is 12.2. The van der Waals surface area contributed by atoms with E-state index in [9.17, 15) is 4.79 Å². The van der Waals surface area contributed by atoms with Crippen LogP contribution in [-0.4, -0.2) is 12.4 Å². The molecule has 17 heavy (non-hydrogen) atoms. The Kier molecular flexibility index (Phi) is 2.25. The van der Waals surface area contributed by atoms with E-state index in [4.69, 9.17) is 9.15 Å². The zero-order valence-electron chi connectivity index (χ0n) is 9.47. The van der Waals surface area contributed by atoms with Gasteiger partial charge in [-0.05, 0) is 25.1 Å². The lowest BCUT2D eigenvalue weighted by Gasteiger charge is -2.04. The lowest BCUT2D eigenvalue weighted by Crippen LogP contribution is -2.13. The topological polar surface area (TPSA) is 39.4 Å². The highest BCUT2D eigenvalue weighted by Gasteiger charge is 2.32. The first-order chi connectivity index (χ1) is 8.25. The van der Waals surface area contributed by atoms with Gasteiger partial charge in [-0.25, -0.2) is 0 Å². The minimum atomic E-state index is -0.239. The third-order valence-corrected chi connectivity index (χ3v) is 3.00. The Hall–Kier alpha value is -2.03. The standard InChI is InChI=1S/C14H12O3/c1-9-6-7-13(17-9)14(15)11-8-16-12-5-3-2-4-10(11)12/h2-7,11H,8H2,1H3. The highest BCUT2D eigenvalue weighted by Crippen LogP contribution is 2.35. The van der Waals surface area contributed by atoms with Gasteiger partial charge >= 0.3 is 0 Å². The molecule has 0 spiro atoms. The van der Waals surface area contributed by atoms with Gasteiger partial charge in [-0.1, -0.05) is 18.2 Å². The van der Waals surface area contributed by atoms with Gasteiger partial charge in [0.2, 0.25) is 5.78 Å². The molecule has 0 N–H and O–H groups in total. The van der Waals surface area contributed by atoms with Crippen LogP contribution in [0.5, 0.6) is 5.75 Å². The number of hydrogen-bond donors (Lipinski definition) is 0. The summed E-state index contributed by atoms with van der Waals surface area (Å²) < 4.78 is 10.9. The number of aryl methyl sites for hydroxylation is 1. The Morgan fingerprint density at radius 3 is 2.82 bits per heavy atom. The second kappa shape index (κ2) is 3.77. The maximum Gasteiger partial charge on any atom is 0.208 e. The molecule has 2 aromatic rings. The zero-order chi connectivity index (χ0) is 11.8. The lowest BCUT2D eigenvalue weighted by molar-refractivity contribution is 0.0918. The average Bonchev–Trinajstić information content (AvgIpc) is 2.94. The predicted molar refractivity (Wildman–Crippen MR) is 62.5 cm³/mol. The number of rotatable bonds is 2. The SMILES string of the molecule is Cc1ccc(C(=O)C2COc3ccccc32)o1. The second-order valence-corrected chi connectivity index (χ2v) is 4.18. The minimum Gasteiger partial charge on any atom is -0.492 e. The molecule has 1 atom stereocenters. The Balaban J connectivity index is 1.95. The highest BCUT2D eigenvalue weighted by atomic mass is 16.5. The van der Waals surface area contributed by atoms with Crippen LogP contribution < -0.4 is 4.74 Å². The smallest absolute Gasteiger partial charge is 0.208 e. The van der Waals surface area contributed by atoms with Crippen molar-refractivity contribution in [2.75, 3.05) is 6.61 Å². The van der Waals surface area contributed by atoms with Crippen molar-refractivity contribution in [1.29, 1.82) is 0 Å². The van der Waals surface area contributed by atoms with Gasteiger partial charge in [-0.15, -0.1) is 0 Å². The Bertz CT molecular complexity index is 568. The first-order valence-electron chi connectivity index (χ1n) is 5.58. The molecular weight excluding hydrogens is 216 g/mol. The van der Waals surface area contributed by atoms with Crippen molar-refractivity contribution in [3.63, 3.8) is 0 Å². The van der Waals surface area contributed by atoms with Gasteiger partial charge in [0.25, 0.3) is 0 Å². The van der Waals surface area contributed by atoms with Gasteiger partial charge in [0.1, 0.15) is 18.1 Å². The van der Waals surface area contributed by atoms with Crippen LogP contribution >= 0.6 is 0 Å². The van der Waals surface area contributed by atoms with E-state index in [-0.39, 0.29) is 11.7 Å². The molecule has 3 rings (SSSR count). The van der Waals surface area contributed by atoms with Gasteiger partial charge in [0.05, 0.1) is 5.92 Å². The summed E-state index contributed by atoms with van der Waals surface area (Å²) in [7, 11) is 0. The van der Waals surface area contributed by atoms with E-state index in [1.165, 1.54) is 0 Å². The quantitative estimate of drug-likeness (QED) is 0.742. The minimum absolute atomic E-state index is 0.0111. The summed E-state index contributed by atoms with van der Waals surface area (Å²) in [6.07, 6.45) is 0. The molecule has 3 nitrogen and oxygen atoms in total. The monoisotopic (exact) mass is 228 g/mol. The maximum atomic E-state index is 12.2. The molecule has 3 heteroatoms. The molecule has 0 aliphatic carbocycles. The van der Waals surface area contributed by atoms with Crippen LogP contribution in [0.1, 0.15) is 27.8 Å². The number of ketones is 1. The fourth-order valence-electron chi connectivity index (χ4n) is 2.12. The molecule has 2 heterocycles. The molecule has 0 radical (unpaired) electrons. The molecule has 1 unspecified atom stereocenters. The molecule has 0 bridgehead atoms. The van der Waals surface area contributed by atoms with Crippen molar-refractivity contribution in [3.05, 3.63) is 53.5 Å². The normalized spacial score (nSPS) is 17.6. The summed E-state index contributed by atoms with van der Waals surface area (Å²) in [5.41, 5.74) is 0.951. The van der Waals surface area contributed by atoms with Crippen LogP contribution in [0.15, 0.2) is 40.8 Å². The van der Waals surface area contributed by atoms with Crippen LogP contribution in [0.25, 0.3) is 0 Å². The van der Waals surface area contributed by atoms with Gasteiger partial charge < -0.3 is 9.15 Å². The third-order valence-electron chi connectivity index (χ3n) is 3.00. The molecular formula is C14H12O3. The molecule has 1 aliphatic rings. The van der Waals surface area contributed by atoms with E-state index in [1.807, 2.05) is 31.2 Å². The van der Waals surface area contributed by atoms with E-state index < -0.39 is 0 Å². The number of benzene rings is 1. The first kappa shape index (κ1) is 10.1. The summed E-state index contributed by atoms with van der Waals surface area (Å²) in [5.74, 6) is 1.71. The number of Topliss-reactive ketones (excluding diaryl/α,β-unsaturated/α-hetero) is 1. The summed E-state index contributed by atoms with van der Waals surface area (Å²) >= 11 is 0. The van der Waals surface area contributed by atoms with Crippen molar-refractivity contribution >= 4 is 5.78 Å². The second-order valence-electron chi connectivity index (χ2n) is 4.18. The zero-order valence-corrected chi connectivity index (χ0v) is 9.47. The molecule has 0 fully saturated rings. The Morgan fingerprint density at radius 2 is 2.06 bits per heavy atom. The molecule has 1 aromatic carbocycles. The van der Waals surface area contributed by atoms with Gasteiger partial charge in [0, 0.05) is 5.56 Å². The molecule has 0 amide bonds. The van der Waals surface area contributed by atoms with E-state index in [1.54, 1.807) is 12.1 Å². The summed E-state index contributed by atoms with van der Waals surface area (Å²) in [4.78, 5) is 12.2.